The Morgan fingerprint density at radius 2 is 2.40 bits per heavy atom. The molecule has 0 saturated carbocycles. The Morgan fingerprint density at radius 3 is 3.00 bits per heavy atom. The summed E-state index contributed by atoms with van der Waals surface area (Å²) in [5.74, 6) is -0.390. The molecule has 5 nitrogen and oxygen atoms in total. The lowest BCUT2D eigenvalue weighted by molar-refractivity contribution is -0.114. The molecule has 1 aromatic carbocycles. The minimum atomic E-state index is -0.390. The summed E-state index contributed by atoms with van der Waals surface area (Å²) < 4.78 is 0. The average molecular weight is 225 g/mol. The molecule has 0 unspecified atom stereocenters. The topological polar surface area (TPSA) is 77.9 Å². The Bertz CT molecular complexity index is 426. The van der Waals surface area contributed by atoms with Gasteiger partial charge in [-0.1, -0.05) is 22.8 Å². The molecular weight excluding hydrogens is 216 g/mol. The number of carbonyl (C=O) groups excluding carboxylic acids is 1. The minimum Gasteiger partial charge on any atom is -0.325 e. The van der Waals surface area contributed by atoms with Crippen LogP contribution in [0.2, 0.25) is 5.02 Å². The van der Waals surface area contributed by atoms with Crippen molar-refractivity contribution in [2.24, 2.45) is 5.11 Å². The van der Waals surface area contributed by atoms with Gasteiger partial charge in [0.1, 0.15) is 6.54 Å². The molecule has 1 amide bonds. The summed E-state index contributed by atoms with van der Waals surface area (Å²) >= 11 is 5.89. The predicted octanol–water partition coefficient (Wildman–Crippen LogP) is 2.90. The number of aryl methyl sites for hydroxylation is 1. The molecule has 0 atom stereocenters. The number of nitrogens with one attached hydrogen (secondary N) is 1. The zero-order valence-electron chi connectivity index (χ0n) is 8.07. The highest BCUT2D eigenvalue weighted by molar-refractivity contribution is 6.33. The van der Waals surface area contributed by atoms with Crippen molar-refractivity contribution in [3.8, 4) is 0 Å². The molecule has 0 aliphatic heterocycles. The van der Waals surface area contributed by atoms with Crippen molar-refractivity contribution in [3.05, 3.63) is 39.2 Å². The van der Waals surface area contributed by atoms with E-state index in [9.17, 15) is 4.79 Å². The number of azide groups is 1. The highest BCUT2D eigenvalue weighted by atomic mass is 35.5. The molecule has 0 aliphatic rings. The van der Waals surface area contributed by atoms with Crippen LogP contribution in [0.25, 0.3) is 10.4 Å². The van der Waals surface area contributed by atoms with E-state index in [0.29, 0.717) is 10.7 Å². The van der Waals surface area contributed by atoms with Gasteiger partial charge in [0, 0.05) is 4.91 Å². The van der Waals surface area contributed by atoms with Crippen molar-refractivity contribution in [2.45, 2.75) is 6.92 Å². The lowest BCUT2D eigenvalue weighted by Gasteiger charge is -2.05. The van der Waals surface area contributed by atoms with Crippen molar-refractivity contribution < 1.29 is 4.79 Å². The zero-order chi connectivity index (χ0) is 11.3. The fraction of sp³-hybridized carbons (Fsp3) is 0.222. The second-order valence-electron chi connectivity index (χ2n) is 2.92. The van der Waals surface area contributed by atoms with Gasteiger partial charge in [-0.2, -0.15) is 0 Å². The Labute approximate surface area is 91.7 Å². The van der Waals surface area contributed by atoms with Crippen molar-refractivity contribution in [1.82, 2.24) is 0 Å². The van der Waals surface area contributed by atoms with E-state index in [1.807, 2.05) is 13.0 Å². The molecule has 0 bridgehead atoms. The second kappa shape index (κ2) is 5.24. The second-order valence-corrected chi connectivity index (χ2v) is 3.33. The number of rotatable bonds is 3. The number of benzene rings is 1. The number of halogens is 1. The first-order valence-corrected chi connectivity index (χ1v) is 4.58. The molecule has 0 radical (unpaired) electrons. The number of amides is 1. The predicted molar refractivity (Wildman–Crippen MR) is 58.8 cm³/mol. The maximum absolute atomic E-state index is 11.2. The smallest absolute Gasteiger partial charge is 0.230 e. The van der Waals surface area contributed by atoms with Gasteiger partial charge in [-0.05, 0) is 30.2 Å². The van der Waals surface area contributed by atoms with E-state index in [1.54, 1.807) is 12.1 Å². The Morgan fingerprint density at radius 1 is 1.67 bits per heavy atom. The van der Waals surface area contributed by atoms with Crippen molar-refractivity contribution in [1.29, 1.82) is 0 Å². The van der Waals surface area contributed by atoms with Gasteiger partial charge in [-0.15, -0.1) is 0 Å². The molecule has 1 rings (SSSR count). The van der Waals surface area contributed by atoms with Gasteiger partial charge in [0.2, 0.25) is 5.91 Å². The van der Waals surface area contributed by atoms with Gasteiger partial charge < -0.3 is 5.32 Å². The molecule has 6 heteroatoms. The van der Waals surface area contributed by atoms with Crippen LogP contribution in [-0.2, 0) is 4.79 Å². The van der Waals surface area contributed by atoms with Crippen LogP contribution in [0.4, 0.5) is 5.69 Å². The van der Waals surface area contributed by atoms with E-state index < -0.39 is 5.91 Å². The van der Waals surface area contributed by atoms with Crippen LogP contribution in [0.3, 0.4) is 0 Å². The van der Waals surface area contributed by atoms with Crippen LogP contribution >= 0.6 is 11.6 Å². The molecule has 1 N–H and O–H groups in total. The lowest BCUT2D eigenvalue weighted by Crippen LogP contribution is -2.14. The van der Waals surface area contributed by atoms with E-state index in [-0.39, 0.29) is 6.54 Å². The molecular formula is C9H9ClN4O. The van der Waals surface area contributed by atoms with E-state index >= 15 is 0 Å². The largest absolute Gasteiger partial charge is 0.325 e. The van der Waals surface area contributed by atoms with Crippen LogP contribution in [0.1, 0.15) is 5.56 Å². The number of nitrogens with zero attached hydrogens (tertiary/aromatic N) is 3. The third kappa shape index (κ3) is 3.50. The molecule has 0 saturated heterocycles. The van der Waals surface area contributed by atoms with E-state index in [4.69, 9.17) is 17.1 Å². The fourth-order valence-corrected chi connectivity index (χ4v) is 1.29. The molecule has 15 heavy (non-hydrogen) atoms. The maximum Gasteiger partial charge on any atom is 0.230 e. The first-order valence-electron chi connectivity index (χ1n) is 4.20. The van der Waals surface area contributed by atoms with Crippen LogP contribution < -0.4 is 5.32 Å². The van der Waals surface area contributed by atoms with Gasteiger partial charge in [0.25, 0.3) is 0 Å². The molecule has 1 aromatic rings. The highest BCUT2D eigenvalue weighted by Crippen LogP contribution is 2.22. The Balaban J connectivity index is 2.72. The van der Waals surface area contributed by atoms with Gasteiger partial charge in [-0.25, -0.2) is 0 Å². The van der Waals surface area contributed by atoms with Crippen LogP contribution in [-0.4, -0.2) is 12.5 Å². The minimum absolute atomic E-state index is 0.235. The molecule has 0 heterocycles. The summed E-state index contributed by atoms with van der Waals surface area (Å²) in [6, 6.07) is 5.27. The first kappa shape index (κ1) is 11.4. The summed E-state index contributed by atoms with van der Waals surface area (Å²) in [7, 11) is 0. The summed E-state index contributed by atoms with van der Waals surface area (Å²) in [6.45, 7) is 1.66. The molecule has 78 valence electrons. The van der Waals surface area contributed by atoms with Gasteiger partial charge >= 0.3 is 0 Å². The number of hydrogen-bond donors (Lipinski definition) is 1. The normalized spacial score (nSPS) is 9.20. The van der Waals surface area contributed by atoms with Gasteiger partial charge in [0.05, 0.1) is 10.7 Å². The third-order valence-corrected chi connectivity index (χ3v) is 1.99. The average Bonchev–Trinajstić information content (AvgIpc) is 2.19. The monoisotopic (exact) mass is 224 g/mol. The van der Waals surface area contributed by atoms with E-state index in [1.165, 1.54) is 0 Å². The zero-order valence-corrected chi connectivity index (χ0v) is 8.82. The number of hydrogen-bond acceptors (Lipinski definition) is 2. The molecule has 0 fully saturated rings. The highest BCUT2D eigenvalue weighted by Gasteiger charge is 2.04. The number of carbonyl (C=O) groups is 1. The summed E-state index contributed by atoms with van der Waals surface area (Å²) in [5.41, 5.74) is 9.55. The standard InChI is InChI=1S/C9H9ClN4O/c1-6-2-3-8(7(10)4-6)13-9(15)5-12-14-11/h2-4H,5H2,1H3,(H,13,15). The summed E-state index contributed by atoms with van der Waals surface area (Å²) in [6.07, 6.45) is 0. The van der Waals surface area contributed by atoms with Crippen LogP contribution in [0.5, 0.6) is 0 Å². The maximum atomic E-state index is 11.2. The van der Waals surface area contributed by atoms with E-state index in [2.05, 4.69) is 15.3 Å². The third-order valence-electron chi connectivity index (χ3n) is 1.68. The van der Waals surface area contributed by atoms with Crippen LogP contribution in [0.15, 0.2) is 23.3 Å². The van der Waals surface area contributed by atoms with Crippen molar-refractivity contribution in [2.75, 3.05) is 11.9 Å². The Hall–Kier alpha value is -1.71. The Kier molecular flexibility index (Phi) is 3.97. The summed E-state index contributed by atoms with van der Waals surface area (Å²) in [5, 5.41) is 6.14. The van der Waals surface area contributed by atoms with Gasteiger partial charge in [0.15, 0.2) is 0 Å². The molecule has 0 aromatic heterocycles. The molecule has 0 aliphatic carbocycles. The fourth-order valence-electron chi connectivity index (χ4n) is 1.01. The van der Waals surface area contributed by atoms with E-state index in [0.717, 1.165) is 5.56 Å². The lowest BCUT2D eigenvalue weighted by atomic mass is 10.2. The van der Waals surface area contributed by atoms with Crippen molar-refractivity contribution in [3.63, 3.8) is 0 Å². The van der Waals surface area contributed by atoms with Crippen molar-refractivity contribution >= 4 is 23.2 Å². The van der Waals surface area contributed by atoms with Crippen LogP contribution in [0, 0.1) is 6.92 Å². The number of anilines is 1. The first-order chi connectivity index (χ1) is 7.13. The summed E-state index contributed by atoms with van der Waals surface area (Å²) in [4.78, 5) is 13.7. The van der Waals surface area contributed by atoms with Gasteiger partial charge in [-0.3, -0.25) is 4.79 Å². The quantitative estimate of drug-likeness (QED) is 0.478. The molecule has 0 spiro atoms. The SMILES string of the molecule is Cc1ccc(NC(=O)CN=[N+]=[N-])c(Cl)c1.